The fourth-order valence-corrected chi connectivity index (χ4v) is 5.53. The molecule has 172 valence electrons. The maximum atomic E-state index is 13.2. The highest BCUT2D eigenvalue weighted by Gasteiger charge is 2.22. The molecular weight excluding hydrogens is 446 g/mol. The van der Waals surface area contributed by atoms with Crippen molar-refractivity contribution in [3.63, 3.8) is 0 Å². The van der Waals surface area contributed by atoms with Gasteiger partial charge in [0.1, 0.15) is 0 Å². The quantitative estimate of drug-likeness (QED) is 0.356. The Balaban J connectivity index is 1.93. The Morgan fingerprint density at radius 1 is 1.28 bits per heavy atom. The number of pyridine rings is 1. The van der Waals surface area contributed by atoms with Gasteiger partial charge in [-0.2, -0.15) is 5.10 Å². The summed E-state index contributed by atoms with van der Waals surface area (Å²) in [6.45, 7) is 8.39. The van der Waals surface area contributed by atoms with E-state index in [1.807, 2.05) is 20.9 Å². The molecule has 10 heteroatoms. The Bertz CT molecular complexity index is 1240. The SMILES string of the molecule is CCCCNS(=O)(=O)c1cccc(NC(=O)c2cnc3c(c(C)nn3C)c2SC(C)C)c1. The van der Waals surface area contributed by atoms with Crippen molar-refractivity contribution in [1.29, 1.82) is 0 Å². The lowest BCUT2D eigenvalue weighted by Crippen LogP contribution is -2.25. The van der Waals surface area contributed by atoms with Gasteiger partial charge in [-0.3, -0.25) is 9.48 Å². The van der Waals surface area contributed by atoms with Gasteiger partial charge in [-0.1, -0.05) is 33.3 Å². The standard InChI is InChI=1S/C22H29N5O3S2/c1-6-7-11-24-32(29,30)17-10-8-9-16(12-17)25-22(28)18-13-23-21-19(15(4)26-27(21)5)20(18)31-14(2)3/h8-10,12-14,24H,6-7,11H2,1-5H3,(H,25,28). The van der Waals surface area contributed by atoms with Gasteiger partial charge >= 0.3 is 0 Å². The third-order valence-corrected chi connectivity index (χ3v) is 7.39. The Morgan fingerprint density at radius 2 is 2.03 bits per heavy atom. The molecule has 0 unspecified atom stereocenters. The fourth-order valence-electron chi connectivity index (χ4n) is 3.30. The first-order valence-electron chi connectivity index (χ1n) is 10.5. The summed E-state index contributed by atoms with van der Waals surface area (Å²) in [6.07, 6.45) is 3.20. The lowest BCUT2D eigenvalue weighted by Gasteiger charge is -2.14. The maximum Gasteiger partial charge on any atom is 0.258 e. The third-order valence-electron chi connectivity index (χ3n) is 4.80. The van der Waals surface area contributed by atoms with Crippen LogP contribution in [0.1, 0.15) is 49.7 Å². The maximum absolute atomic E-state index is 13.2. The first-order valence-corrected chi connectivity index (χ1v) is 12.9. The number of nitrogens with one attached hydrogen (secondary N) is 2. The first kappa shape index (κ1) is 24.2. The Labute approximate surface area is 193 Å². The summed E-state index contributed by atoms with van der Waals surface area (Å²) >= 11 is 1.58. The van der Waals surface area contributed by atoms with Gasteiger partial charge in [-0.25, -0.2) is 18.1 Å². The van der Waals surface area contributed by atoms with Crippen molar-refractivity contribution in [2.45, 2.75) is 55.6 Å². The van der Waals surface area contributed by atoms with Crippen LogP contribution in [-0.2, 0) is 17.1 Å². The minimum absolute atomic E-state index is 0.111. The van der Waals surface area contributed by atoms with E-state index >= 15 is 0 Å². The van der Waals surface area contributed by atoms with Crippen molar-refractivity contribution in [3.8, 4) is 0 Å². The zero-order valence-corrected chi connectivity index (χ0v) is 20.6. The van der Waals surface area contributed by atoms with Gasteiger partial charge in [-0.15, -0.1) is 11.8 Å². The highest BCUT2D eigenvalue weighted by atomic mass is 32.2. The van der Waals surface area contributed by atoms with Crippen molar-refractivity contribution in [2.24, 2.45) is 7.05 Å². The second-order valence-corrected chi connectivity index (χ2v) is 11.2. The highest BCUT2D eigenvalue weighted by molar-refractivity contribution is 8.00. The zero-order valence-electron chi connectivity index (χ0n) is 19.0. The van der Waals surface area contributed by atoms with Crippen molar-refractivity contribution >= 4 is 44.4 Å². The van der Waals surface area contributed by atoms with E-state index in [4.69, 9.17) is 0 Å². The number of thioether (sulfide) groups is 1. The van der Waals surface area contributed by atoms with E-state index < -0.39 is 10.0 Å². The fraction of sp³-hybridized carbons (Fsp3) is 0.409. The van der Waals surface area contributed by atoms with Crippen LogP contribution in [0, 0.1) is 6.92 Å². The minimum atomic E-state index is -3.64. The summed E-state index contributed by atoms with van der Waals surface area (Å²) in [5.74, 6) is -0.348. The average molecular weight is 476 g/mol. The lowest BCUT2D eigenvalue weighted by molar-refractivity contribution is 0.102. The Hall–Kier alpha value is -2.43. The molecule has 3 rings (SSSR count). The average Bonchev–Trinajstić information content (AvgIpc) is 3.02. The van der Waals surface area contributed by atoms with E-state index in [1.54, 1.807) is 34.8 Å². The summed E-state index contributed by atoms with van der Waals surface area (Å²) in [7, 11) is -1.81. The number of aromatic nitrogens is 3. The van der Waals surface area contributed by atoms with Crippen LogP contribution in [0.5, 0.6) is 0 Å². The number of rotatable bonds is 9. The molecule has 0 radical (unpaired) electrons. The molecular formula is C22H29N5O3S2. The third kappa shape index (κ3) is 5.31. The minimum Gasteiger partial charge on any atom is -0.322 e. The number of sulfonamides is 1. The monoisotopic (exact) mass is 475 g/mol. The number of anilines is 1. The molecule has 8 nitrogen and oxygen atoms in total. The summed E-state index contributed by atoms with van der Waals surface area (Å²) in [5.41, 5.74) is 2.35. The van der Waals surface area contributed by atoms with Crippen LogP contribution in [0.2, 0.25) is 0 Å². The van der Waals surface area contributed by atoms with E-state index in [2.05, 4.69) is 34.0 Å². The van der Waals surface area contributed by atoms with Gasteiger partial charge < -0.3 is 5.32 Å². The number of hydrogen-bond acceptors (Lipinski definition) is 6. The van der Waals surface area contributed by atoms with E-state index in [0.717, 1.165) is 28.8 Å². The van der Waals surface area contributed by atoms with Crippen LogP contribution >= 0.6 is 11.8 Å². The van der Waals surface area contributed by atoms with Crippen LogP contribution in [0.3, 0.4) is 0 Å². The molecule has 2 N–H and O–H groups in total. The predicted octanol–water partition coefficient (Wildman–Crippen LogP) is 4.11. The summed E-state index contributed by atoms with van der Waals surface area (Å²) in [5, 5.41) is 8.38. The smallest absolute Gasteiger partial charge is 0.258 e. The molecule has 0 bridgehead atoms. The Morgan fingerprint density at radius 3 is 2.72 bits per heavy atom. The van der Waals surface area contributed by atoms with Crippen LogP contribution in [0.15, 0.2) is 40.3 Å². The molecule has 1 aromatic carbocycles. The molecule has 0 spiro atoms. The van der Waals surface area contributed by atoms with Crippen LogP contribution in [-0.4, -0.2) is 40.9 Å². The van der Waals surface area contributed by atoms with Gasteiger partial charge in [-0.05, 0) is 31.5 Å². The lowest BCUT2D eigenvalue weighted by atomic mass is 10.2. The number of fused-ring (bicyclic) bond motifs is 1. The number of carbonyl (C=O) groups is 1. The molecule has 1 amide bonds. The second kappa shape index (κ2) is 10.0. The van der Waals surface area contributed by atoms with Crippen molar-refractivity contribution in [2.75, 3.05) is 11.9 Å². The normalized spacial score (nSPS) is 11.9. The molecule has 0 saturated heterocycles. The number of nitrogens with zero attached hydrogens (tertiary/aromatic N) is 3. The summed E-state index contributed by atoms with van der Waals surface area (Å²) in [4.78, 5) is 18.6. The van der Waals surface area contributed by atoms with Crippen LogP contribution < -0.4 is 10.0 Å². The molecule has 32 heavy (non-hydrogen) atoms. The van der Waals surface area contributed by atoms with Crippen LogP contribution in [0.25, 0.3) is 11.0 Å². The molecule has 0 aliphatic rings. The largest absolute Gasteiger partial charge is 0.322 e. The molecule has 0 fully saturated rings. The predicted molar refractivity (Wildman–Crippen MR) is 129 cm³/mol. The number of amides is 1. The molecule has 2 heterocycles. The molecule has 0 aliphatic heterocycles. The molecule has 0 atom stereocenters. The van der Waals surface area contributed by atoms with Gasteiger partial charge in [0, 0.05) is 35.6 Å². The van der Waals surface area contributed by atoms with Crippen molar-refractivity contribution < 1.29 is 13.2 Å². The Kier molecular flexibility index (Phi) is 7.58. The number of unbranched alkanes of at least 4 members (excludes halogenated alkanes) is 1. The number of hydrogen-bond donors (Lipinski definition) is 2. The highest BCUT2D eigenvalue weighted by Crippen LogP contribution is 2.35. The van der Waals surface area contributed by atoms with Crippen LogP contribution in [0.4, 0.5) is 5.69 Å². The van der Waals surface area contributed by atoms with E-state index in [9.17, 15) is 13.2 Å². The molecule has 0 saturated carbocycles. The molecule has 2 aromatic heterocycles. The summed E-state index contributed by atoms with van der Waals surface area (Å²) in [6, 6.07) is 6.25. The van der Waals surface area contributed by atoms with Gasteiger partial charge in [0.15, 0.2) is 5.65 Å². The topological polar surface area (TPSA) is 106 Å². The van der Waals surface area contributed by atoms with Gasteiger partial charge in [0.2, 0.25) is 10.0 Å². The number of carbonyl (C=O) groups excluding carboxylic acids is 1. The number of benzene rings is 1. The van der Waals surface area contributed by atoms with Crippen molar-refractivity contribution in [3.05, 3.63) is 41.7 Å². The van der Waals surface area contributed by atoms with E-state index in [0.29, 0.717) is 23.4 Å². The van der Waals surface area contributed by atoms with E-state index in [1.165, 1.54) is 12.1 Å². The number of aryl methyl sites for hydroxylation is 2. The molecule has 3 aromatic rings. The second-order valence-electron chi connectivity index (χ2n) is 7.81. The zero-order chi connectivity index (χ0) is 23.5. The molecule has 0 aliphatic carbocycles. The van der Waals surface area contributed by atoms with Crippen molar-refractivity contribution in [1.82, 2.24) is 19.5 Å². The van der Waals surface area contributed by atoms with Gasteiger partial charge in [0.25, 0.3) is 5.91 Å². The van der Waals surface area contributed by atoms with E-state index in [-0.39, 0.29) is 16.1 Å². The first-order chi connectivity index (χ1) is 15.1. The summed E-state index contributed by atoms with van der Waals surface area (Å²) < 4.78 is 29.4. The van der Waals surface area contributed by atoms with Gasteiger partial charge in [0.05, 0.1) is 21.5 Å².